The molecular formula is C11H15N3. The van der Waals surface area contributed by atoms with Crippen LogP contribution in [0.1, 0.15) is 6.42 Å². The summed E-state index contributed by atoms with van der Waals surface area (Å²) >= 11 is 0. The first-order chi connectivity index (χ1) is 6.95. The summed E-state index contributed by atoms with van der Waals surface area (Å²) in [4.78, 5) is 0. The smallest absolute Gasteiger partial charge is 0.0506 e. The van der Waals surface area contributed by atoms with Crippen LogP contribution in [0.25, 0.3) is 0 Å². The van der Waals surface area contributed by atoms with Crippen LogP contribution in [0.5, 0.6) is 0 Å². The lowest BCUT2D eigenvalue weighted by Gasteiger charge is -2.33. The molecule has 3 N–H and O–H groups in total. The van der Waals surface area contributed by atoms with Crippen molar-refractivity contribution in [2.75, 3.05) is 6.54 Å². The molecule has 0 amide bonds. The van der Waals surface area contributed by atoms with Crippen LogP contribution < -0.4 is 16.2 Å². The summed E-state index contributed by atoms with van der Waals surface area (Å²) in [6.07, 6.45) is 12.1. The molecule has 0 spiro atoms. The Morgan fingerprint density at radius 2 is 2.29 bits per heavy atom. The molecule has 14 heavy (non-hydrogen) atoms. The average molecular weight is 189 g/mol. The van der Waals surface area contributed by atoms with Gasteiger partial charge in [0.15, 0.2) is 0 Å². The zero-order chi connectivity index (χ0) is 9.38. The number of hydrazine groups is 1. The van der Waals surface area contributed by atoms with Crippen molar-refractivity contribution < 1.29 is 0 Å². The van der Waals surface area contributed by atoms with Crippen LogP contribution in [0, 0.1) is 5.92 Å². The van der Waals surface area contributed by atoms with Crippen LogP contribution in [0.4, 0.5) is 0 Å². The average Bonchev–Trinajstić information content (AvgIpc) is 2.55. The van der Waals surface area contributed by atoms with Crippen molar-refractivity contribution in [1.29, 1.82) is 0 Å². The molecule has 74 valence electrons. The third kappa shape index (κ3) is 1.21. The number of rotatable bonds is 0. The fourth-order valence-electron chi connectivity index (χ4n) is 2.50. The molecule has 1 aliphatic carbocycles. The van der Waals surface area contributed by atoms with Gasteiger partial charge in [-0.1, -0.05) is 24.3 Å². The first-order valence-corrected chi connectivity index (χ1v) is 5.22. The lowest BCUT2D eigenvalue weighted by Crippen LogP contribution is -2.47. The molecule has 3 nitrogen and oxygen atoms in total. The zero-order valence-electron chi connectivity index (χ0n) is 8.03. The largest absolute Gasteiger partial charge is 0.384 e. The summed E-state index contributed by atoms with van der Waals surface area (Å²) in [7, 11) is 0. The fraction of sp³-hybridized carbons (Fsp3) is 0.455. The summed E-state index contributed by atoms with van der Waals surface area (Å²) < 4.78 is 0. The minimum atomic E-state index is 0.478. The monoisotopic (exact) mass is 189 g/mol. The van der Waals surface area contributed by atoms with Crippen molar-refractivity contribution in [2.24, 2.45) is 5.92 Å². The quantitative estimate of drug-likeness (QED) is 0.518. The standard InChI is InChI=1S/C11H15N3/c1-2-4-9-10(5-3-1)12-6-8-7-13-14-11(8)9/h1-3,5-6,9-14H,4,7H2. The third-order valence-electron chi connectivity index (χ3n) is 3.27. The molecule has 0 aromatic carbocycles. The molecule has 0 bridgehead atoms. The van der Waals surface area contributed by atoms with Crippen LogP contribution in [0.3, 0.4) is 0 Å². The Hall–Kier alpha value is -1.06. The maximum absolute atomic E-state index is 3.46. The summed E-state index contributed by atoms with van der Waals surface area (Å²) in [6.45, 7) is 0.967. The number of fused-ring (bicyclic) bond motifs is 3. The molecule has 2 aliphatic heterocycles. The van der Waals surface area contributed by atoms with E-state index in [0.717, 1.165) is 13.0 Å². The molecular weight excluding hydrogens is 174 g/mol. The third-order valence-corrected chi connectivity index (χ3v) is 3.27. The zero-order valence-corrected chi connectivity index (χ0v) is 8.03. The van der Waals surface area contributed by atoms with Crippen molar-refractivity contribution in [2.45, 2.75) is 18.5 Å². The SMILES string of the molecule is C1=CCC2C(C=C1)NC=C1CNNC12. The van der Waals surface area contributed by atoms with Gasteiger partial charge < -0.3 is 5.32 Å². The van der Waals surface area contributed by atoms with E-state index in [-0.39, 0.29) is 0 Å². The molecule has 1 fully saturated rings. The second-order valence-electron chi connectivity index (χ2n) is 4.10. The van der Waals surface area contributed by atoms with E-state index >= 15 is 0 Å². The Morgan fingerprint density at radius 1 is 1.29 bits per heavy atom. The van der Waals surface area contributed by atoms with Crippen LogP contribution in [0.2, 0.25) is 0 Å². The summed E-state index contributed by atoms with van der Waals surface area (Å²) in [6, 6.07) is 0.986. The van der Waals surface area contributed by atoms with Gasteiger partial charge in [0.05, 0.1) is 6.04 Å². The van der Waals surface area contributed by atoms with Gasteiger partial charge in [-0.05, 0) is 18.2 Å². The van der Waals surface area contributed by atoms with Gasteiger partial charge in [-0.15, -0.1) is 0 Å². The molecule has 2 heterocycles. The van der Waals surface area contributed by atoms with Crippen LogP contribution in [-0.4, -0.2) is 18.6 Å². The van der Waals surface area contributed by atoms with Crippen molar-refractivity contribution in [3.8, 4) is 0 Å². The van der Waals surface area contributed by atoms with Crippen LogP contribution in [-0.2, 0) is 0 Å². The van der Waals surface area contributed by atoms with Crippen molar-refractivity contribution >= 4 is 0 Å². The highest BCUT2D eigenvalue weighted by Crippen LogP contribution is 2.27. The van der Waals surface area contributed by atoms with Gasteiger partial charge in [-0.2, -0.15) is 0 Å². The Balaban J connectivity index is 1.91. The summed E-state index contributed by atoms with van der Waals surface area (Å²) in [5.74, 6) is 0.639. The van der Waals surface area contributed by atoms with Gasteiger partial charge in [0, 0.05) is 18.5 Å². The molecule has 0 aromatic rings. The topological polar surface area (TPSA) is 36.1 Å². The highest BCUT2D eigenvalue weighted by atomic mass is 15.4. The molecule has 3 heteroatoms. The predicted octanol–water partition coefficient (Wildman–Crippen LogP) is 0.451. The first-order valence-electron chi connectivity index (χ1n) is 5.22. The maximum Gasteiger partial charge on any atom is 0.0506 e. The summed E-state index contributed by atoms with van der Waals surface area (Å²) in [5, 5.41) is 3.46. The Bertz CT molecular complexity index is 316. The van der Waals surface area contributed by atoms with E-state index in [0.29, 0.717) is 18.0 Å². The second kappa shape index (κ2) is 3.26. The fourth-order valence-corrected chi connectivity index (χ4v) is 2.50. The number of nitrogens with one attached hydrogen (secondary N) is 3. The highest BCUT2D eigenvalue weighted by molar-refractivity contribution is 5.27. The second-order valence-corrected chi connectivity index (χ2v) is 4.10. The molecule has 0 radical (unpaired) electrons. The van der Waals surface area contributed by atoms with Crippen molar-refractivity contribution in [3.05, 3.63) is 36.1 Å². The van der Waals surface area contributed by atoms with Gasteiger partial charge in [-0.3, -0.25) is 5.43 Å². The normalized spacial score (nSPS) is 39.4. The lowest BCUT2D eigenvalue weighted by atomic mass is 9.84. The Morgan fingerprint density at radius 3 is 3.29 bits per heavy atom. The van der Waals surface area contributed by atoms with Gasteiger partial charge >= 0.3 is 0 Å². The van der Waals surface area contributed by atoms with E-state index in [1.54, 1.807) is 0 Å². The van der Waals surface area contributed by atoms with Crippen molar-refractivity contribution in [1.82, 2.24) is 16.2 Å². The van der Waals surface area contributed by atoms with Gasteiger partial charge in [0.2, 0.25) is 0 Å². The molecule has 0 aromatic heterocycles. The molecule has 3 unspecified atom stereocenters. The number of hydrogen-bond donors (Lipinski definition) is 3. The van der Waals surface area contributed by atoms with E-state index in [9.17, 15) is 0 Å². The molecule has 0 saturated carbocycles. The number of hydrogen-bond acceptors (Lipinski definition) is 3. The minimum Gasteiger partial charge on any atom is -0.384 e. The molecule has 3 aliphatic rings. The first kappa shape index (κ1) is 8.26. The van der Waals surface area contributed by atoms with Gasteiger partial charge in [-0.25, -0.2) is 5.43 Å². The summed E-state index contributed by atoms with van der Waals surface area (Å²) in [5.41, 5.74) is 8.02. The van der Waals surface area contributed by atoms with Crippen LogP contribution in [0.15, 0.2) is 36.1 Å². The van der Waals surface area contributed by atoms with Crippen LogP contribution >= 0.6 is 0 Å². The highest BCUT2D eigenvalue weighted by Gasteiger charge is 2.35. The molecule has 1 saturated heterocycles. The Labute approximate surface area is 83.9 Å². The van der Waals surface area contributed by atoms with E-state index in [1.807, 2.05) is 0 Å². The van der Waals surface area contributed by atoms with Gasteiger partial charge in [0.25, 0.3) is 0 Å². The maximum atomic E-state index is 3.46. The van der Waals surface area contributed by atoms with Gasteiger partial charge in [0.1, 0.15) is 0 Å². The molecule has 3 atom stereocenters. The number of allylic oxidation sites excluding steroid dienone is 3. The Kier molecular flexibility index (Phi) is 1.92. The van der Waals surface area contributed by atoms with E-state index < -0.39 is 0 Å². The van der Waals surface area contributed by atoms with Crippen molar-refractivity contribution in [3.63, 3.8) is 0 Å². The predicted molar refractivity (Wildman–Crippen MR) is 56.3 cm³/mol. The van der Waals surface area contributed by atoms with E-state index in [4.69, 9.17) is 0 Å². The van der Waals surface area contributed by atoms with E-state index in [2.05, 4.69) is 46.7 Å². The van der Waals surface area contributed by atoms with E-state index in [1.165, 1.54) is 5.57 Å². The minimum absolute atomic E-state index is 0.478. The lowest BCUT2D eigenvalue weighted by molar-refractivity contribution is 0.339. The molecule has 3 rings (SSSR count).